The van der Waals surface area contributed by atoms with Gasteiger partial charge in [0.15, 0.2) is 5.60 Å². The number of likely N-dealkylation sites (tertiary alicyclic amines) is 1. The third-order valence-corrected chi connectivity index (χ3v) is 12.8. The summed E-state index contributed by atoms with van der Waals surface area (Å²) < 4.78 is 22.9. The highest BCUT2D eigenvalue weighted by Gasteiger charge is 2.67. The van der Waals surface area contributed by atoms with E-state index in [1.54, 1.807) is 22.9 Å². The average molecular weight is 637 g/mol. The van der Waals surface area contributed by atoms with Gasteiger partial charge in [0, 0.05) is 35.8 Å². The molecule has 3 N–H and O–H groups in total. The van der Waals surface area contributed by atoms with Crippen molar-refractivity contribution in [2.24, 2.45) is 11.8 Å². The molecule has 3 saturated heterocycles. The van der Waals surface area contributed by atoms with Crippen LogP contribution in [0.2, 0.25) is 18.6 Å². The van der Waals surface area contributed by atoms with E-state index < -0.39 is 31.6 Å². The molecule has 45 heavy (non-hydrogen) atoms. The summed E-state index contributed by atoms with van der Waals surface area (Å²) in [7, 11) is -3.41. The van der Waals surface area contributed by atoms with Crippen LogP contribution in [0.25, 0.3) is 0 Å². The minimum atomic E-state index is -3.41. The molecule has 0 saturated carbocycles. The van der Waals surface area contributed by atoms with E-state index in [1.807, 2.05) is 55.5 Å². The lowest BCUT2D eigenvalue weighted by atomic mass is 9.82. The summed E-state index contributed by atoms with van der Waals surface area (Å²) in [6, 6.07) is 14.8. The molecule has 0 bridgehead atoms. The summed E-state index contributed by atoms with van der Waals surface area (Å²) >= 11 is 0. The van der Waals surface area contributed by atoms with Crippen LogP contribution in [-0.2, 0) is 31.3 Å². The summed E-state index contributed by atoms with van der Waals surface area (Å²) in [6.07, 6.45) is 2.65. The number of carbonyl (C=O) groups is 3. The van der Waals surface area contributed by atoms with Crippen LogP contribution in [0.3, 0.4) is 0 Å². The van der Waals surface area contributed by atoms with E-state index in [0.717, 1.165) is 43.5 Å². The van der Waals surface area contributed by atoms with Gasteiger partial charge in [0.2, 0.25) is 20.2 Å². The molecule has 3 amide bonds. The Morgan fingerprint density at radius 2 is 1.89 bits per heavy atom. The summed E-state index contributed by atoms with van der Waals surface area (Å²) in [6.45, 7) is 7.53. The molecule has 1 unspecified atom stereocenters. The third-order valence-electron chi connectivity index (χ3n) is 10.4. The van der Waals surface area contributed by atoms with Crippen molar-refractivity contribution < 1.29 is 28.3 Å². The topological polar surface area (TPSA) is 111 Å². The second kappa shape index (κ2) is 12.6. The molecule has 0 aliphatic carbocycles. The van der Waals surface area contributed by atoms with Crippen LogP contribution in [-0.4, -0.2) is 74.5 Å². The van der Waals surface area contributed by atoms with Crippen molar-refractivity contribution in [3.8, 4) is 0 Å². The smallest absolute Gasteiger partial charge is 0.264 e. The van der Waals surface area contributed by atoms with E-state index in [4.69, 9.17) is 4.74 Å². The molecule has 0 radical (unpaired) electrons. The number of carbonyl (C=O) groups excluding carboxylic acids is 3. The van der Waals surface area contributed by atoms with E-state index >= 15 is 4.11 Å². The lowest BCUT2D eigenvalue weighted by Crippen LogP contribution is -2.45. The van der Waals surface area contributed by atoms with Crippen molar-refractivity contribution in [2.45, 2.75) is 82.0 Å². The van der Waals surface area contributed by atoms with Gasteiger partial charge < -0.3 is 34.4 Å². The summed E-state index contributed by atoms with van der Waals surface area (Å²) in [5, 5.41) is 16.1. The van der Waals surface area contributed by atoms with Gasteiger partial charge in [-0.2, -0.15) is 0 Å². The van der Waals surface area contributed by atoms with Crippen LogP contribution in [0.1, 0.15) is 50.2 Å². The molecule has 0 aromatic heterocycles. The molecule has 11 heteroatoms. The number of amides is 3. The van der Waals surface area contributed by atoms with E-state index in [2.05, 4.69) is 10.6 Å². The quantitative estimate of drug-likeness (QED) is 0.294. The number of nitrogens with zero attached hydrogens (tertiary/aromatic N) is 2. The van der Waals surface area contributed by atoms with Crippen molar-refractivity contribution in [3.63, 3.8) is 0 Å². The van der Waals surface area contributed by atoms with Crippen LogP contribution in [0.4, 0.5) is 15.5 Å². The fraction of sp³-hybridized carbons (Fsp3) is 0.559. The molecule has 6 atom stereocenters. The highest BCUT2D eigenvalue weighted by Crippen LogP contribution is 2.60. The first kappa shape index (κ1) is 31.8. The molecule has 9 nitrogen and oxygen atoms in total. The summed E-state index contributed by atoms with van der Waals surface area (Å²) in [5.74, 6) is -0.933. The van der Waals surface area contributed by atoms with E-state index in [-0.39, 0.29) is 49.3 Å². The van der Waals surface area contributed by atoms with Gasteiger partial charge in [-0.05, 0) is 69.1 Å². The minimum absolute atomic E-state index is 0.00597. The van der Waals surface area contributed by atoms with Crippen LogP contribution in [0.5, 0.6) is 0 Å². The van der Waals surface area contributed by atoms with Crippen molar-refractivity contribution in [1.82, 2.24) is 10.2 Å². The Labute approximate surface area is 265 Å². The van der Waals surface area contributed by atoms with E-state index in [1.165, 1.54) is 0 Å². The van der Waals surface area contributed by atoms with Gasteiger partial charge in [0.05, 0.1) is 43.3 Å². The van der Waals surface area contributed by atoms with Crippen molar-refractivity contribution in [2.75, 3.05) is 36.5 Å². The number of para-hydroxylation sites is 1. The van der Waals surface area contributed by atoms with Gasteiger partial charge in [-0.1, -0.05) is 37.3 Å². The van der Waals surface area contributed by atoms with Crippen molar-refractivity contribution >= 4 is 37.5 Å². The molecule has 3 fully saturated rings. The van der Waals surface area contributed by atoms with Gasteiger partial charge in [-0.15, -0.1) is 0 Å². The minimum Gasteiger partial charge on any atom is -0.394 e. The monoisotopic (exact) mass is 636 g/mol. The molecule has 4 aliphatic heterocycles. The zero-order chi connectivity index (χ0) is 31.9. The molecule has 6 rings (SSSR count). The second-order valence-electron chi connectivity index (χ2n) is 13.7. The van der Waals surface area contributed by atoms with Gasteiger partial charge >= 0.3 is 0 Å². The Balaban J connectivity index is 1.24. The van der Waals surface area contributed by atoms with Crippen LogP contribution in [0, 0.1) is 11.8 Å². The molecular formula is C34H45FN4O5Si. The standard InChI is InChI=1S/C34H45FN4O5Si/c1-22-31(45(2,3)35)29(18-30(41)38-17-7-9-26(38)21-40)44-34(22)27-10-4-5-11-28(27)39(33(34)43)20-23-12-14-25(15-13-23)37-32(42)24-8-6-16-36-19-24/h4-5,10-15,22,24,26,29,31,36,40H,6-9,16-21H2,1-3H3,(H,37,42)/t22-,24?,26-,29+,31-,34+/m0/s1. The normalized spacial score (nSPS) is 29.8. The number of benzene rings is 2. The number of hydrogen-bond donors (Lipinski definition) is 3. The molecule has 4 heterocycles. The Bertz CT molecular complexity index is 1430. The molecule has 2 aromatic rings. The highest BCUT2D eigenvalue weighted by atomic mass is 28.4. The van der Waals surface area contributed by atoms with Crippen molar-refractivity contribution in [3.05, 3.63) is 59.7 Å². The van der Waals surface area contributed by atoms with Crippen LogP contribution < -0.4 is 15.5 Å². The van der Waals surface area contributed by atoms with E-state index in [9.17, 15) is 19.5 Å². The number of aliphatic hydroxyl groups is 1. The van der Waals surface area contributed by atoms with Gasteiger partial charge in [-0.3, -0.25) is 14.4 Å². The SMILES string of the molecule is C[C@H]1[C@H]([Si](C)(C)F)[C@@H](CC(=O)N2CCC[C@H]2CO)O[C@]12C(=O)N(Cc1ccc(NC(=O)C3CCCNC3)cc1)c1ccccc12. The van der Waals surface area contributed by atoms with Crippen molar-refractivity contribution in [1.29, 1.82) is 0 Å². The largest absolute Gasteiger partial charge is 0.394 e. The second-order valence-corrected chi connectivity index (χ2v) is 17.5. The molecule has 2 aromatic carbocycles. The first-order chi connectivity index (χ1) is 21.5. The Morgan fingerprint density at radius 3 is 2.58 bits per heavy atom. The fourth-order valence-corrected chi connectivity index (χ4v) is 10.7. The lowest BCUT2D eigenvalue weighted by molar-refractivity contribution is -0.150. The summed E-state index contributed by atoms with van der Waals surface area (Å²) in [4.78, 5) is 44.1. The predicted octanol–water partition coefficient (Wildman–Crippen LogP) is 4.32. The van der Waals surface area contributed by atoms with E-state index in [0.29, 0.717) is 24.3 Å². The Kier molecular flexibility index (Phi) is 8.90. The van der Waals surface area contributed by atoms with Crippen LogP contribution in [0.15, 0.2) is 48.5 Å². The Morgan fingerprint density at radius 1 is 1.13 bits per heavy atom. The number of halogens is 1. The number of rotatable bonds is 8. The maximum Gasteiger partial charge on any atom is 0.264 e. The van der Waals surface area contributed by atoms with Crippen LogP contribution >= 0.6 is 0 Å². The highest BCUT2D eigenvalue weighted by molar-refractivity contribution is 6.72. The number of hydrogen-bond acceptors (Lipinski definition) is 6. The number of nitrogens with one attached hydrogen (secondary N) is 2. The van der Waals surface area contributed by atoms with Gasteiger partial charge in [0.1, 0.15) is 0 Å². The molecule has 4 aliphatic rings. The van der Waals surface area contributed by atoms with Gasteiger partial charge in [-0.25, -0.2) is 0 Å². The number of fused-ring (bicyclic) bond motifs is 2. The first-order valence-electron chi connectivity index (χ1n) is 16.3. The zero-order valence-corrected chi connectivity index (χ0v) is 27.4. The number of aliphatic hydroxyl groups excluding tert-OH is 1. The number of ether oxygens (including phenoxy) is 1. The molecule has 242 valence electrons. The van der Waals surface area contributed by atoms with Gasteiger partial charge in [0.25, 0.3) is 5.91 Å². The first-order valence-corrected chi connectivity index (χ1v) is 19.3. The average Bonchev–Trinajstić information content (AvgIpc) is 3.69. The maximum atomic E-state index is 16.1. The number of anilines is 2. The molecule has 1 spiro atoms. The fourth-order valence-electron chi connectivity index (χ4n) is 8.20. The predicted molar refractivity (Wildman–Crippen MR) is 173 cm³/mol. The number of piperidine rings is 1. The third kappa shape index (κ3) is 5.84. The lowest BCUT2D eigenvalue weighted by Gasteiger charge is -2.31. The maximum absolute atomic E-state index is 16.1. The molecular weight excluding hydrogens is 591 g/mol. The summed E-state index contributed by atoms with van der Waals surface area (Å²) in [5.41, 5.74) is 1.05. The zero-order valence-electron chi connectivity index (χ0n) is 26.4. The Hall–Kier alpha value is -3.12.